The van der Waals surface area contributed by atoms with Gasteiger partial charge < -0.3 is 10.5 Å². The van der Waals surface area contributed by atoms with E-state index in [1.165, 1.54) is 30.3 Å². The van der Waals surface area contributed by atoms with E-state index >= 15 is 0 Å². The highest BCUT2D eigenvalue weighted by atomic mass is 79.9. The van der Waals surface area contributed by atoms with Crippen molar-refractivity contribution in [3.8, 4) is 5.75 Å². The molecule has 0 radical (unpaired) electrons. The summed E-state index contributed by atoms with van der Waals surface area (Å²) in [4.78, 5) is 11.0. The van der Waals surface area contributed by atoms with Gasteiger partial charge in [0.15, 0.2) is 0 Å². The van der Waals surface area contributed by atoms with Gasteiger partial charge in [-0.2, -0.15) is 0 Å². The number of hydrogen-bond donors (Lipinski definition) is 1. The fraction of sp³-hybridized carbons (Fsp3) is 0.0714. The summed E-state index contributed by atoms with van der Waals surface area (Å²) in [5, 5.41) is 0. The summed E-state index contributed by atoms with van der Waals surface area (Å²) in [5.74, 6) is -1.40. The zero-order valence-electron chi connectivity index (χ0n) is 10.2. The first-order chi connectivity index (χ1) is 9.47. The summed E-state index contributed by atoms with van der Waals surface area (Å²) in [6.07, 6.45) is 0. The van der Waals surface area contributed by atoms with E-state index < -0.39 is 17.5 Å². The second kappa shape index (κ2) is 6.00. The third-order valence-electron chi connectivity index (χ3n) is 2.61. The van der Waals surface area contributed by atoms with Gasteiger partial charge in [0, 0.05) is 17.2 Å². The molecule has 1 amide bonds. The Morgan fingerprint density at radius 3 is 2.65 bits per heavy atom. The van der Waals surface area contributed by atoms with Crippen molar-refractivity contribution in [2.24, 2.45) is 5.73 Å². The molecule has 0 aliphatic carbocycles. The van der Waals surface area contributed by atoms with Crippen molar-refractivity contribution < 1.29 is 18.3 Å². The number of ether oxygens (including phenoxy) is 1. The van der Waals surface area contributed by atoms with E-state index in [0.29, 0.717) is 4.47 Å². The smallest absolute Gasteiger partial charge is 0.248 e. The molecule has 0 atom stereocenters. The second-order valence-corrected chi connectivity index (χ2v) is 4.89. The van der Waals surface area contributed by atoms with Gasteiger partial charge in [-0.15, -0.1) is 0 Å². The van der Waals surface area contributed by atoms with Crippen LogP contribution in [-0.2, 0) is 6.61 Å². The van der Waals surface area contributed by atoms with Crippen LogP contribution in [0.25, 0.3) is 0 Å². The predicted molar refractivity (Wildman–Crippen MR) is 73.3 cm³/mol. The first kappa shape index (κ1) is 14.5. The number of halogens is 3. The standard InChI is InChI=1S/C14H10BrF2NO2/c15-11-3-2-10(16)6-13(11)20-7-9-5-8(14(18)19)1-4-12(9)17/h1-6H,7H2,(H2,18,19). The Morgan fingerprint density at radius 1 is 1.20 bits per heavy atom. The lowest BCUT2D eigenvalue weighted by Crippen LogP contribution is -2.12. The SMILES string of the molecule is NC(=O)c1ccc(F)c(COc2cc(F)ccc2Br)c1. The lowest BCUT2D eigenvalue weighted by atomic mass is 10.1. The molecule has 0 saturated carbocycles. The summed E-state index contributed by atoms with van der Waals surface area (Å²) in [6, 6.07) is 7.68. The maximum Gasteiger partial charge on any atom is 0.248 e. The minimum absolute atomic E-state index is 0.144. The topological polar surface area (TPSA) is 52.3 Å². The van der Waals surface area contributed by atoms with E-state index in [2.05, 4.69) is 15.9 Å². The number of primary amides is 1. The largest absolute Gasteiger partial charge is 0.488 e. The molecule has 0 fully saturated rings. The van der Waals surface area contributed by atoms with Crippen LogP contribution in [0.15, 0.2) is 40.9 Å². The average Bonchev–Trinajstić information content (AvgIpc) is 2.41. The lowest BCUT2D eigenvalue weighted by Gasteiger charge is -2.09. The Morgan fingerprint density at radius 2 is 1.95 bits per heavy atom. The fourth-order valence-corrected chi connectivity index (χ4v) is 1.94. The van der Waals surface area contributed by atoms with Gasteiger partial charge in [-0.3, -0.25) is 4.79 Å². The van der Waals surface area contributed by atoms with Crippen LogP contribution in [0, 0.1) is 11.6 Å². The molecule has 2 aromatic rings. The van der Waals surface area contributed by atoms with Crippen molar-refractivity contribution in [1.82, 2.24) is 0 Å². The molecule has 2 N–H and O–H groups in total. The molecule has 0 aromatic heterocycles. The molecule has 0 heterocycles. The Kier molecular flexibility index (Phi) is 4.34. The highest BCUT2D eigenvalue weighted by Crippen LogP contribution is 2.26. The predicted octanol–water partition coefficient (Wildman–Crippen LogP) is 3.41. The Hall–Kier alpha value is -1.95. The van der Waals surface area contributed by atoms with Crippen LogP contribution >= 0.6 is 15.9 Å². The van der Waals surface area contributed by atoms with Crippen LogP contribution < -0.4 is 10.5 Å². The van der Waals surface area contributed by atoms with Crippen molar-refractivity contribution in [2.45, 2.75) is 6.61 Å². The zero-order valence-corrected chi connectivity index (χ0v) is 11.8. The second-order valence-electron chi connectivity index (χ2n) is 4.03. The van der Waals surface area contributed by atoms with Crippen molar-refractivity contribution in [3.05, 3.63) is 63.6 Å². The normalized spacial score (nSPS) is 10.3. The number of benzene rings is 2. The molecule has 20 heavy (non-hydrogen) atoms. The number of hydrogen-bond acceptors (Lipinski definition) is 2. The molecule has 0 aliphatic rings. The van der Waals surface area contributed by atoms with Crippen LogP contribution in [0.4, 0.5) is 8.78 Å². The molecule has 6 heteroatoms. The van der Waals surface area contributed by atoms with Crippen LogP contribution in [-0.4, -0.2) is 5.91 Å². The van der Waals surface area contributed by atoms with Gasteiger partial charge >= 0.3 is 0 Å². The van der Waals surface area contributed by atoms with Gasteiger partial charge in [0.25, 0.3) is 0 Å². The van der Waals surface area contributed by atoms with E-state index in [-0.39, 0.29) is 23.5 Å². The third-order valence-corrected chi connectivity index (χ3v) is 3.26. The molecule has 104 valence electrons. The third kappa shape index (κ3) is 3.33. The summed E-state index contributed by atoms with van der Waals surface area (Å²) < 4.78 is 32.6. The number of carbonyl (C=O) groups is 1. The van der Waals surface area contributed by atoms with E-state index in [0.717, 1.165) is 6.07 Å². The molecule has 2 aromatic carbocycles. The van der Waals surface area contributed by atoms with Crippen LogP contribution in [0.1, 0.15) is 15.9 Å². The number of rotatable bonds is 4. The van der Waals surface area contributed by atoms with E-state index in [4.69, 9.17) is 10.5 Å². The highest BCUT2D eigenvalue weighted by Gasteiger charge is 2.09. The van der Waals surface area contributed by atoms with Gasteiger partial charge in [-0.1, -0.05) is 0 Å². The quantitative estimate of drug-likeness (QED) is 0.926. The van der Waals surface area contributed by atoms with Crippen LogP contribution in [0.3, 0.4) is 0 Å². The summed E-state index contributed by atoms with van der Waals surface area (Å²) in [5.41, 5.74) is 5.47. The van der Waals surface area contributed by atoms with E-state index in [9.17, 15) is 13.6 Å². The van der Waals surface area contributed by atoms with Gasteiger partial charge in [0.2, 0.25) is 5.91 Å². The molecule has 0 saturated heterocycles. The molecule has 0 unspecified atom stereocenters. The van der Waals surface area contributed by atoms with Crippen molar-refractivity contribution >= 4 is 21.8 Å². The van der Waals surface area contributed by atoms with Gasteiger partial charge in [-0.25, -0.2) is 8.78 Å². The first-order valence-electron chi connectivity index (χ1n) is 5.63. The zero-order chi connectivity index (χ0) is 14.7. The van der Waals surface area contributed by atoms with Gasteiger partial charge in [0.05, 0.1) is 4.47 Å². The fourth-order valence-electron chi connectivity index (χ4n) is 1.58. The van der Waals surface area contributed by atoms with Crippen molar-refractivity contribution in [3.63, 3.8) is 0 Å². The molecular weight excluding hydrogens is 332 g/mol. The number of carbonyl (C=O) groups excluding carboxylic acids is 1. The van der Waals surface area contributed by atoms with Crippen molar-refractivity contribution in [2.75, 3.05) is 0 Å². The van der Waals surface area contributed by atoms with Crippen molar-refractivity contribution in [1.29, 1.82) is 0 Å². The van der Waals surface area contributed by atoms with E-state index in [1.54, 1.807) is 0 Å². The summed E-state index contributed by atoms with van der Waals surface area (Å²) >= 11 is 3.20. The van der Waals surface area contributed by atoms with Crippen LogP contribution in [0.2, 0.25) is 0 Å². The van der Waals surface area contributed by atoms with Crippen LogP contribution in [0.5, 0.6) is 5.75 Å². The number of amides is 1. The lowest BCUT2D eigenvalue weighted by molar-refractivity contribution is 0.1000. The maximum absolute atomic E-state index is 13.6. The van der Waals surface area contributed by atoms with Gasteiger partial charge in [-0.05, 0) is 46.3 Å². The number of nitrogens with two attached hydrogens (primary N) is 1. The Balaban J connectivity index is 2.20. The molecule has 2 rings (SSSR count). The molecule has 0 spiro atoms. The minimum atomic E-state index is -0.654. The monoisotopic (exact) mass is 341 g/mol. The summed E-state index contributed by atoms with van der Waals surface area (Å²) in [6.45, 7) is -0.144. The molecule has 0 aliphatic heterocycles. The average molecular weight is 342 g/mol. The van der Waals surface area contributed by atoms with E-state index in [1.807, 2.05) is 0 Å². The highest BCUT2D eigenvalue weighted by molar-refractivity contribution is 9.10. The molecular formula is C14H10BrF2NO2. The Labute approximate surface area is 122 Å². The Bertz CT molecular complexity index is 662. The summed E-state index contributed by atoms with van der Waals surface area (Å²) in [7, 11) is 0. The first-order valence-corrected chi connectivity index (χ1v) is 6.43. The molecule has 0 bridgehead atoms. The maximum atomic E-state index is 13.6. The molecule has 3 nitrogen and oxygen atoms in total. The van der Waals surface area contributed by atoms with Gasteiger partial charge in [0.1, 0.15) is 24.0 Å². The minimum Gasteiger partial charge on any atom is -0.488 e.